The number of amides is 2. The van der Waals surface area contributed by atoms with Crippen LogP contribution in [0.5, 0.6) is 0 Å². The fourth-order valence-corrected chi connectivity index (χ4v) is 1.47. The van der Waals surface area contributed by atoms with Crippen molar-refractivity contribution < 1.29 is 19.3 Å². The monoisotopic (exact) mass is 281 g/mol. The molecule has 0 heterocycles. The van der Waals surface area contributed by atoms with Crippen LogP contribution in [0, 0.1) is 10.1 Å². The summed E-state index contributed by atoms with van der Waals surface area (Å²) in [5, 5.41) is 14.1. The van der Waals surface area contributed by atoms with Crippen LogP contribution < -0.4 is 5.32 Å². The second kappa shape index (κ2) is 6.62. The molecule has 0 aliphatic heterocycles. The van der Waals surface area contributed by atoms with Crippen LogP contribution in [0.2, 0.25) is 0 Å². The van der Waals surface area contributed by atoms with Gasteiger partial charge in [-0.05, 0) is 13.0 Å². The third-order valence-electron chi connectivity index (χ3n) is 2.62. The van der Waals surface area contributed by atoms with Gasteiger partial charge in [-0.25, -0.2) is 5.06 Å². The maximum Gasteiger partial charge on any atom is 0.270 e. The van der Waals surface area contributed by atoms with Crippen molar-refractivity contribution in [2.75, 3.05) is 14.2 Å². The van der Waals surface area contributed by atoms with Crippen molar-refractivity contribution in [3.63, 3.8) is 0 Å². The number of rotatable bonds is 5. The van der Waals surface area contributed by atoms with Gasteiger partial charge in [0.2, 0.25) is 0 Å². The number of carbonyl (C=O) groups excluding carboxylic acids is 2. The van der Waals surface area contributed by atoms with Crippen molar-refractivity contribution in [3.05, 3.63) is 39.9 Å². The van der Waals surface area contributed by atoms with E-state index in [2.05, 4.69) is 5.32 Å². The highest BCUT2D eigenvalue weighted by atomic mass is 16.7. The van der Waals surface area contributed by atoms with Crippen LogP contribution in [-0.4, -0.2) is 42.0 Å². The minimum Gasteiger partial charge on any atom is -0.340 e. The number of nitrogens with zero attached hydrogens (tertiary/aromatic N) is 2. The minimum absolute atomic E-state index is 0.110. The summed E-state index contributed by atoms with van der Waals surface area (Å²) in [5.41, 5.74) is -0.0791. The van der Waals surface area contributed by atoms with E-state index in [0.29, 0.717) is 0 Å². The van der Waals surface area contributed by atoms with Crippen LogP contribution in [0.1, 0.15) is 17.3 Å². The molecule has 0 radical (unpaired) electrons. The molecule has 0 saturated carbocycles. The van der Waals surface area contributed by atoms with Crippen molar-refractivity contribution >= 4 is 17.5 Å². The molecular formula is C12H15N3O5. The molecule has 0 bridgehead atoms. The third kappa shape index (κ3) is 3.75. The molecule has 0 aliphatic rings. The number of carbonyl (C=O) groups is 2. The van der Waals surface area contributed by atoms with Gasteiger partial charge in [-0.1, -0.05) is 6.07 Å². The Bertz CT molecular complexity index is 532. The summed E-state index contributed by atoms with van der Waals surface area (Å²) in [7, 11) is 2.74. The number of hydrogen-bond donors (Lipinski definition) is 1. The van der Waals surface area contributed by atoms with Gasteiger partial charge in [0.15, 0.2) is 0 Å². The van der Waals surface area contributed by atoms with Crippen molar-refractivity contribution in [2.45, 2.75) is 13.0 Å². The molecule has 0 spiro atoms. The van der Waals surface area contributed by atoms with Crippen molar-refractivity contribution in [3.8, 4) is 0 Å². The zero-order valence-corrected chi connectivity index (χ0v) is 11.3. The summed E-state index contributed by atoms with van der Waals surface area (Å²) in [6.07, 6.45) is 0. The van der Waals surface area contributed by atoms with Gasteiger partial charge >= 0.3 is 0 Å². The van der Waals surface area contributed by atoms with Gasteiger partial charge in [-0.15, -0.1) is 0 Å². The van der Waals surface area contributed by atoms with Gasteiger partial charge in [0.05, 0.1) is 12.0 Å². The van der Waals surface area contributed by atoms with Crippen LogP contribution in [0.3, 0.4) is 0 Å². The topological polar surface area (TPSA) is 102 Å². The third-order valence-corrected chi connectivity index (χ3v) is 2.62. The smallest absolute Gasteiger partial charge is 0.270 e. The largest absolute Gasteiger partial charge is 0.340 e. The molecule has 0 aliphatic carbocycles. The fourth-order valence-electron chi connectivity index (χ4n) is 1.47. The number of nitrogens with one attached hydrogen (secondary N) is 1. The molecule has 2 amide bonds. The first-order valence-electron chi connectivity index (χ1n) is 5.73. The summed E-state index contributed by atoms with van der Waals surface area (Å²) in [6.45, 7) is 1.49. The molecule has 8 heteroatoms. The van der Waals surface area contributed by atoms with Crippen LogP contribution in [0.15, 0.2) is 24.3 Å². The summed E-state index contributed by atoms with van der Waals surface area (Å²) in [5.74, 6) is -1.01. The van der Waals surface area contributed by atoms with Crippen molar-refractivity contribution in [2.24, 2.45) is 0 Å². The molecule has 0 aromatic heterocycles. The zero-order chi connectivity index (χ0) is 15.3. The Balaban J connectivity index is 2.79. The summed E-state index contributed by atoms with van der Waals surface area (Å²) in [6, 6.07) is 4.45. The average Bonchev–Trinajstić information content (AvgIpc) is 2.45. The predicted molar refractivity (Wildman–Crippen MR) is 69.8 cm³/mol. The predicted octanol–water partition coefficient (Wildman–Crippen LogP) is 0.733. The highest BCUT2D eigenvalue weighted by Crippen LogP contribution is 2.13. The standard InChI is InChI=1S/C12H15N3O5/c1-8(12(17)14(2)20-3)13-11(16)9-5-4-6-10(7-9)15(18)19/h4-8H,1-3H3,(H,13,16). The molecule has 1 N–H and O–H groups in total. The van der Waals surface area contributed by atoms with E-state index in [4.69, 9.17) is 4.84 Å². The van der Waals surface area contributed by atoms with Gasteiger partial charge in [-0.2, -0.15) is 0 Å². The molecular weight excluding hydrogens is 266 g/mol. The Labute approximate surface area is 115 Å². The van der Waals surface area contributed by atoms with Crippen LogP contribution in [0.25, 0.3) is 0 Å². The second-order valence-electron chi connectivity index (χ2n) is 4.02. The Morgan fingerprint density at radius 2 is 2.10 bits per heavy atom. The number of hydroxylamine groups is 2. The van der Waals surface area contributed by atoms with Crippen LogP contribution in [-0.2, 0) is 9.63 Å². The van der Waals surface area contributed by atoms with E-state index >= 15 is 0 Å². The van der Waals surface area contributed by atoms with E-state index in [1.165, 1.54) is 39.3 Å². The van der Waals surface area contributed by atoms with E-state index in [0.717, 1.165) is 11.1 Å². The lowest BCUT2D eigenvalue weighted by Crippen LogP contribution is -2.45. The van der Waals surface area contributed by atoms with E-state index < -0.39 is 22.8 Å². The Morgan fingerprint density at radius 3 is 2.65 bits per heavy atom. The molecule has 1 rings (SSSR count). The van der Waals surface area contributed by atoms with Crippen molar-refractivity contribution in [1.82, 2.24) is 10.4 Å². The number of likely N-dealkylation sites (N-methyl/N-ethyl adjacent to an activating group) is 1. The summed E-state index contributed by atoms with van der Waals surface area (Å²) >= 11 is 0. The molecule has 1 aromatic rings. The van der Waals surface area contributed by atoms with Crippen molar-refractivity contribution in [1.29, 1.82) is 0 Å². The maximum atomic E-state index is 11.9. The zero-order valence-electron chi connectivity index (χ0n) is 11.3. The molecule has 1 aromatic carbocycles. The maximum absolute atomic E-state index is 11.9. The van der Waals surface area contributed by atoms with E-state index in [9.17, 15) is 19.7 Å². The van der Waals surface area contributed by atoms with E-state index in [1.54, 1.807) is 0 Å². The molecule has 0 fully saturated rings. The normalized spacial score (nSPS) is 11.6. The second-order valence-corrected chi connectivity index (χ2v) is 4.02. The number of nitro groups is 1. The first-order chi connectivity index (χ1) is 9.36. The Morgan fingerprint density at radius 1 is 1.45 bits per heavy atom. The first kappa shape index (κ1) is 15.6. The molecule has 1 atom stereocenters. The number of non-ortho nitro benzene ring substituents is 1. The van der Waals surface area contributed by atoms with Gasteiger partial charge in [0.1, 0.15) is 6.04 Å². The highest BCUT2D eigenvalue weighted by Gasteiger charge is 2.21. The lowest BCUT2D eigenvalue weighted by atomic mass is 10.1. The van der Waals surface area contributed by atoms with Crippen LogP contribution >= 0.6 is 0 Å². The molecule has 1 unspecified atom stereocenters. The van der Waals surface area contributed by atoms with Crippen LogP contribution in [0.4, 0.5) is 5.69 Å². The number of hydrogen-bond acceptors (Lipinski definition) is 5. The van der Waals surface area contributed by atoms with Gasteiger partial charge < -0.3 is 5.32 Å². The quantitative estimate of drug-likeness (QED) is 0.633. The lowest BCUT2D eigenvalue weighted by Gasteiger charge is -2.19. The lowest BCUT2D eigenvalue weighted by molar-refractivity contribution is -0.384. The number of benzene rings is 1. The summed E-state index contributed by atoms with van der Waals surface area (Å²) in [4.78, 5) is 38.3. The Hall–Kier alpha value is -2.48. The van der Waals surface area contributed by atoms with E-state index in [-0.39, 0.29) is 11.3 Å². The fraction of sp³-hybridized carbons (Fsp3) is 0.333. The molecule has 0 saturated heterocycles. The SMILES string of the molecule is CON(C)C(=O)C(C)NC(=O)c1cccc([N+](=O)[O-])c1. The van der Waals surface area contributed by atoms with Gasteiger partial charge in [0, 0.05) is 24.7 Å². The molecule has 108 valence electrons. The van der Waals surface area contributed by atoms with Gasteiger partial charge in [0.25, 0.3) is 17.5 Å². The first-order valence-corrected chi connectivity index (χ1v) is 5.73. The Kier molecular flexibility index (Phi) is 5.15. The summed E-state index contributed by atoms with van der Waals surface area (Å²) < 4.78 is 0. The van der Waals surface area contributed by atoms with E-state index in [1.807, 2.05) is 0 Å². The molecule has 8 nitrogen and oxygen atoms in total. The highest BCUT2D eigenvalue weighted by molar-refractivity contribution is 5.97. The average molecular weight is 281 g/mol. The molecule has 20 heavy (non-hydrogen) atoms. The number of nitro benzene ring substituents is 1. The van der Waals surface area contributed by atoms with Gasteiger partial charge in [-0.3, -0.25) is 24.5 Å². The minimum atomic E-state index is -0.813.